The van der Waals surface area contributed by atoms with Crippen LogP contribution in [0.3, 0.4) is 0 Å². The van der Waals surface area contributed by atoms with Gasteiger partial charge in [0.25, 0.3) is 0 Å². The van der Waals surface area contributed by atoms with Gasteiger partial charge in [0.15, 0.2) is 12.1 Å². The number of Topliss-reactive ketones (excluding diaryl/α,β-unsaturated/α-hetero) is 1. The van der Waals surface area contributed by atoms with E-state index in [9.17, 15) is 4.79 Å². The van der Waals surface area contributed by atoms with Crippen LogP contribution >= 0.6 is 0 Å². The number of benzene rings is 3. The molecule has 5 nitrogen and oxygen atoms in total. The lowest BCUT2D eigenvalue weighted by Gasteiger charge is -2.38. The highest BCUT2D eigenvalue weighted by Crippen LogP contribution is 2.41. The van der Waals surface area contributed by atoms with E-state index in [4.69, 9.17) is 9.47 Å². The molecule has 5 rings (SSSR count). The second-order valence-electron chi connectivity index (χ2n) is 9.55. The molecule has 0 amide bonds. The van der Waals surface area contributed by atoms with E-state index in [1.165, 1.54) is 0 Å². The Bertz CT molecular complexity index is 1180. The zero-order chi connectivity index (χ0) is 25.5. The number of imidazole rings is 1. The minimum absolute atomic E-state index is 0.0347. The summed E-state index contributed by atoms with van der Waals surface area (Å²) < 4.78 is 13.6. The normalized spacial score (nSPS) is 16.0. The average molecular weight is 495 g/mol. The third-order valence-electron chi connectivity index (χ3n) is 7.20. The van der Waals surface area contributed by atoms with E-state index in [1.54, 1.807) is 0 Å². The maximum absolute atomic E-state index is 13.3. The Hall–Kier alpha value is -3.54. The summed E-state index contributed by atoms with van der Waals surface area (Å²) in [7, 11) is 0. The average Bonchev–Trinajstić information content (AvgIpc) is 3.35. The first-order valence-corrected chi connectivity index (χ1v) is 13.2. The van der Waals surface area contributed by atoms with E-state index in [-0.39, 0.29) is 12.1 Å². The van der Waals surface area contributed by atoms with Crippen molar-refractivity contribution < 1.29 is 14.3 Å². The predicted octanol–water partition coefficient (Wildman–Crippen LogP) is 6.54. The lowest BCUT2D eigenvalue weighted by atomic mass is 9.76. The fourth-order valence-corrected chi connectivity index (χ4v) is 5.39. The smallest absolute Gasteiger partial charge is 0.183 e. The first-order chi connectivity index (χ1) is 18.2. The van der Waals surface area contributed by atoms with Crippen molar-refractivity contribution in [1.29, 1.82) is 0 Å². The molecule has 37 heavy (non-hydrogen) atoms. The molecule has 190 valence electrons. The fourth-order valence-electron chi connectivity index (χ4n) is 5.39. The first-order valence-electron chi connectivity index (χ1n) is 13.2. The molecule has 1 aliphatic rings. The lowest BCUT2D eigenvalue weighted by Crippen LogP contribution is -2.38. The summed E-state index contributed by atoms with van der Waals surface area (Å²) in [6, 6.07) is 31.3. The summed E-state index contributed by atoms with van der Waals surface area (Å²) in [4.78, 5) is 18.0. The zero-order valence-electron chi connectivity index (χ0n) is 21.4. The molecule has 1 saturated heterocycles. The summed E-state index contributed by atoms with van der Waals surface area (Å²) in [6.45, 7) is 3.26. The van der Waals surface area contributed by atoms with Crippen molar-refractivity contribution in [2.45, 2.75) is 50.9 Å². The molecule has 1 atom stereocenters. The molecule has 1 aromatic heterocycles. The Balaban J connectivity index is 1.49. The van der Waals surface area contributed by atoms with Crippen molar-refractivity contribution in [1.82, 2.24) is 9.55 Å². The SMILES string of the molecule is Cc1c(C(=O)CCCOC2CCCCO2)ncn1C(c1ccccc1)(c1ccccc1)c1ccccc1. The number of ketones is 1. The highest BCUT2D eigenvalue weighted by Gasteiger charge is 2.40. The lowest BCUT2D eigenvalue weighted by molar-refractivity contribution is -0.162. The number of aromatic nitrogens is 2. The van der Waals surface area contributed by atoms with Crippen molar-refractivity contribution in [3.05, 3.63) is 125 Å². The van der Waals surface area contributed by atoms with Gasteiger partial charge in [-0.1, -0.05) is 91.0 Å². The summed E-state index contributed by atoms with van der Waals surface area (Å²) in [5.41, 5.74) is 3.99. The van der Waals surface area contributed by atoms with Crippen LogP contribution in [0.25, 0.3) is 0 Å². The van der Waals surface area contributed by atoms with Crippen LogP contribution < -0.4 is 0 Å². The minimum atomic E-state index is -0.680. The van der Waals surface area contributed by atoms with E-state index in [2.05, 4.69) is 82.3 Å². The number of carbonyl (C=O) groups is 1. The zero-order valence-corrected chi connectivity index (χ0v) is 21.4. The van der Waals surface area contributed by atoms with Crippen LogP contribution in [0.15, 0.2) is 97.3 Å². The molecular weight excluding hydrogens is 460 g/mol. The van der Waals surface area contributed by atoms with Crippen LogP contribution in [-0.2, 0) is 15.0 Å². The van der Waals surface area contributed by atoms with Crippen LogP contribution in [0.1, 0.15) is 65.0 Å². The van der Waals surface area contributed by atoms with Gasteiger partial charge < -0.3 is 14.0 Å². The summed E-state index contributed by atoms with van der Waals surface area (Å²) >= 11 is 0. The van der Waals surface area contributed by atoms with Crippen LogP contribution in [0.2, 0.25) is 0 Å². The third-order valence-corrected chi connectivity index (χ3v) is 7.20. The van der Waals surface area contributed by atoms with E-state index >= 15 is 0 Å². The molecule has 0 N–H and O–H groups in total. The van der Waals surface area contributed by atoms with Crippen LogP contribution in [0, 0.1) is 6.92 Å². The fraction of sp³-hybridized carbons (Fsp3) is 0.312. The standard InChI is InChI=1S/C32H34N2O3/c1-25-31(29(35)20-13-23-37-30-21-11-12-22-36-30)33-24-34(25)32(26-14-5-2-6-15-26,27-16-7-3-8-17-27)28-18-9-4-10-19-28/h2-10,14-19,24,30H,11-13,20-23H2,1H3. The van der Waals surface area contributed by atoms with Gasteiger partial charge in [0.1, 0.15) is 11.2 Å². The summed E-state index contributed by atoms with van der Waals surface area (Å²) in [6.07, 6.45) is 5.88. The number of nitrogens with zero attached hydrogens (tertiary/aromatic N) is 2. The van der Waals surface area contributed by atoms with Crippen molar-refractivity contribution in [3.8, 4) is 0 Å². The second kappa shape index (κ2) is 11.7. The van der Waals surface area contributed by atoms with Gasteiger partial charge in [-0.25, -0.2) is 4.98 Å². The Labute approximate surface area is 219 Å². The van der Waals surface area contributed by atoms with Gasteiger partial charge in [-0.15, -0.1) is 0 Å². The van der Waals surface area contributed by atoms with Crippen molar-refractivity contribution in [3.63, 3.8) is 0 Å². The van der Waals surface area contributed by atoms with Gasteiger partial charge in [0, 0.05) is 18.7 Å². The molecule has 1 fully saturated rings. The second-order valence-corrected chi connectivity index (χ2v) is 9.55. The van der Waals surface area contributed by atoms with Gasteiger partial charge in [-0.05, 0) is 49.3 Å². The van der Waals surface area contributed by atoms with Crippen LogP contribution in [-0.4, -0.2) is 34.8 Å². The molecule has 2 heterocycles. The van der Waals surface area contributed by atoms with E-state index in [0.29, 0.717) is 25.1 Å². The Morgan fingerprint density at radius 2 is 1.49 bits per heavy atom. The molecule has 0 bridgehead atoms. The summed E-state index contributed by atoms with van der Waals surface area (Å²) in [5, 5.41) is 0. The van der Waals surface area contributed by atoms with Gasteiger partial charge in [0.2, 0.25) is 0 Å². The highest BCUT2D eigenvalue weighted by atomic mass is 16.7. The van der Waals surface area contributed by atoms with E-state index in [0.717, 1.165) is 48.3 Å². The number of hydrogen-bond donors (Lipinski definition) is 0. The number of rotatable bonds is 10. The maximum Gasteiger partial charge on any atom is 0.183 e. The van der Waals surface area contributed by atoms with Gasteiger partial charge in [-0.2, -0.15) is 0 Å². The molecular formula is C32H34N2O3. The Kier molecular flexibility index (Phi) is 7.93. The van der Waals surface area contributed by atoms with Crippen LogP contribution in [0.5, 0.6) is 0 Å². The molecule has 0 spiro atoms. The van der Waals surface area contributed by atoms with Gasteiger partial charge >= 0.3 is 0 Å². The molecule has 4 aromatic rings. The minimum Gasteiger partial charge on any atom is -0.353 e. The summed E-state index contributed by atoms with van der Waals surface area (Å²) in [5.74, 6) is 0.0347. The molecule has 3 aromatic carbocycles. The third kappa shape index (κ3) is 5.15. The Morgan fingerprint density at radius 1 is 0.919 bits per heavy atom. The largest absolute Gasteiger partial charge is 0.353 e. The molecule has 0 radical (unpaired) electrons. The number of ether oxygens (including phenoxy) is 2. The van der Waals surface area contributed by atoms with Crippen molar-refractivity contribution in [2.75, 3.05) is 13.2 Å². The molecule has 0 saturated carbocycles. The molecule has 5 heteroatoms. The molecule has 0 aliphatic carbocycles. The maximum atomic E-state index is 13.3. The molecule has 1 aliphatic heterocycles. The predicted molar refractivity (Wildman–Crippen MR) is 145 cm³/mol. The molecule has 1 unspecified atom stereocenters. The van der Waals surface area contributed by atoms with Crippen molar-refractivity contribution in [2.24, 2.45) is 0 Å². The monoisotopic (exact) mass is 494 g/mol. The number of carbonyl (C=O) groups excluding carboxylic acids is 1. The van der Waals surface area contributed by atoms with E-state index < -0.39 is 5.54 Å². The van der Waals surface area contributed by atoms with Crippen molar-refractivity contribution >= 4 is 5.78 Å². The van der Waals surface area contributed by atoms with E-state index in [1.807, 2.05) is 31.5 Å². The first kappa shape index (κ1) is 25.1. The number of hydrogen-bond acceptors (Lipinski definition) is 4. The van der Waals surface area contributed by atoms with Gasteiger partial charge in [-0.3, -0.25) is 4.79 Å². The quantitative estimate of drug-likeness (QED) is 0.143. The topological polar surface area (TPSA) is 53.4 Å². The highest BCUT2D eigenvalue weighted by molar-refractivity contribution is 5.95. The van der Waals surface area contributed by atoms with Gasteiger partial charge in [0.05, 0.1) is 12.9 Å². The van der Waals surface area contributed by atoms with Crippen LogP contribution in [0.4, 0.5) is 0 Å². The Morgan fingerprint density at radius 3 is 2.00 bits per heavy atom.